The van der Waals surface area contributed by atoms with Gasteiger partial charge >= 0.3 is 0 Å². The van der Waals surface area contributed by atoms with E-state index in [0.29, 0.717) is 25.4 Å². The summed E-state index contributed by atoms with van der Waals surface area (Å²) in [4.78, 5) is 25.0. The van der Waals surface area contributed by atoms with Crippen molar-refractivity contribution in [2.45, 2.75) is 38.3 Å². The molecule has 2 aliphatic rings. The predicted octanol–water partition coefficient (Wildman–Crippen LogP) is -0.539. The molecule has 0 aromatic rings. The van der Waals surface area contributed by atoms with Crippen LogP contribution in [0.4, 0.5) is 0 Å². The van der Waals surface area contributed by atoms with E-state index in [1.807, 2.05) is 0 Å². The normalized spacial score (nSPS) is 27.5. The van der Waals surface area contributed by atoms with E-state index in [1.165, 1.54) is 0 Å². The van der Waals surface area contributed by atoms with Gasteiger partial charge in [-0.05, 0) is 25.7 Å². The van der Waals surface area contributed by atoms with Gasteiger partial charge in [-0.3, -0.25) is 9.59 Å². The van der Waals surface area contributed by atoms with E-state index in [0.717, 1.165) is 12.8 Å². The number of rotatable bonds is 3. The minimum Gasteiger partial charge on any atom is -0.353 e. The molecule has 2 fully saturated rings. The highest BCUT2D eigenvalue weighted by molar-refractivity contribution is 5.88. The smallest absolute Gasteiger partial charge is 0.242 e. The zero-order valence-electron chi connectivity index (χ0n) is 9.61. The van der Waals surface area contributed by atoms with Gasteiger partial charge in [-0.25, -0.2) is 0 Å². The third-order valence-corrected chi connectivity index (χ3v) is 3.46. The lowest BCUT2D eigenvalue weighted by Crippen LogP contribution is -2.56. The van der Waals surface area contributed by atoms with Crippen molar-refractivity contribution < 1.29 is 9.59 Å². The Morgan fingerprint density at radius 3 is 2.94 bits per heavy atom. The molecule has 3 N–H and O–H groups in total. The van der Waals surface area contributed by atoms with Crippen molar-refractivity contribution in [3.63, 3.8) is 0 Å². The highest BCUT2D eigenvalue weighted by Crippen LogP contribution is 2.33. The van der Waals surface area contributed by atoms with Gasteiger partial charge in [0.1, 0.15) is 6.04 Å². The Bertz CT molecular complexity index is 302. The average Bonchev–Trinajstić information content (AvgIpc) is 3.05. The van der Waals surface area contributed by atoms with Crippen molar-refractivity contribution in [3.05, 3.63) is 0 Å². The molecule has 1 saturated carbocycles. The number of piperazine rings is 1. The average molecular weight is 225 g/mol. The van der Waals surface area contributed by atoms with Gasteiger partial charge in [-0.2, -0.15) is 0 Å². The fourth-order valence-electron chi connectivity index (χ4n) is 2.13. The third kappa shape index (κ3) is 2.35. The molecule has 0 radical (unpaired) electrons. The molecule has 5 heteroatoms. The molecule has 5 nitrogen and oxygen atoms in total. The molecule has 2 atom stereocenters. The maximum Gasteiger partial charge on any atom is 0.242 e. The first kappa shape index (κ1) is 11.4. The van der Waals surface area contributed by atoms with Gasteiger partial charge in [0.25, 0.3) is 0 Å². The first-order chi connectivity index (χ1) is 7.59. The molecular weight excluding hydrogens is 206 g/mol. The standard InChI is InChI=1S/C11H19N3O2/c1-7-11(16)13-4-5-14(7)10(15)6-9(12)8-2-3-8/h7-9H,2-6,12H2,1H3,(H,13,16). The molecule has 16 heavy (non-hydrogen) atoms. The molecule has 2 rings (SSSR count). The van der Waals surface area contributed by atoms with Gasteiger partial charge in [-0.15, -0.1) is 0 Å². The number of hydrogen-bond acceptors (Lipinski definition) is 3. The fraction of sp³-hybridized carbons (Fsp3) is 0.818. The van der Waals surface area contributed by atoms with E-state index in [2.05, 4.69) is 5.32 Å². The van der Waals surface area contributed by atoms with Gasteiger partial charge in [0.15, 0.2) is 0 Å². The number of nitrogens with zero attached hydrogens (tertiary/aromatic N) is 1. The van der Waals surface area contributed by atoms with Gasteiger partial charge in [0.2, 0.25) is 11.8 Å². The molecule has 0 aromatic carbocycles. The van der Waals surface area contributed by atoms with Gasteiger partial charge in [-0.1, -0.05) is 0 Å². The number of nitrogens with one attached hydrogen (secondary N) is 1. The summed E-state index contributed by atoms with van der Waals surface area (Å²) >= 11 is 0. The Morgan fingerprint density at radius 2 is 2.31 bits per heavy atom. The number of nitrogens with two attached hydrogens (primary N) is 1. The van der Waals surface area contributed by atoms with Crippen molar-refractivity contribution in [3.8, 4) is 0 Å². The summed E-state index contributed by atoms with van der Waals surface area (Å²) in [6, 6.07) is -0.377. The van der Waals surface area contributed by atoms with Crippen molar-refractivity contribution >= 4 is 11.8 Å². The summed E-state index contributed by atoms with van der Waals surface area (Å²) < 4.78 is 0. The molecule has 0 bridgehead atoms. The largest absolute Gasteiger partial charge is 0.353 e. The number of amides is 2. The van der Waals surface area contributed by atoms with Gasteiger partial charge < -0.3 is 16.0 Å². The molecule has 1 aliphatic heterocycles. The van der Waals surface area contributed by atoms with Crippen molar-refractivity contribution in [2.24, 2.45) is 11.7 Å². The van der Waals surface area contributed by atoms with Crippen molar-refractivity contribution in [1.82, 2.24) is 10.2 Å². The Balaban J connectivity index is 1.89. The van der Waals surface area contributed by atoms with E-state index in [1.54, 1.807) is 11.8 Å². The molecule has 0 aromatic heterocycles. The van der Waals surface area contributed by atoms with Crippen LogP contribution in [0.25, 0.3) is 0 Å². The lowest BCUT2D eigenvalue weighted by molar-refractivity contribution is -0.142. The predicted molar refractivity (Wildman–Crippen MR) is 59.5 cm³/mol. The molecule has 1 heterocycles. The Hall–Kier alpha value is -1.10. The molecular formula is C11H19N3O2. The van der Waals surface area contributed by atoms with Crippen LogP contribution >= 0.6 is 0 Å². The highest BCUT2D eigenvalue weighted by atomic mass is 16.2. The van der Waals surface area contributed by atoms with E-state index in [9.17, 15) is 9.59 Å². The van der Waals surface area contributed by atoms with Crippen LogP contribution < -0.4 is 11.1 Å². The van der Waals surface area contributed by atoms with Crippen LogP contribution in [0.15, 0.2) is 0 Å². The van der Waals surface area contributed by atoms with Crippen LogP contribution in [0.2, 0.25) is 0 Å². The second kappa shape index (κ2) is 4.41. The molecule has 2 unspecified atom stereocenters. The Kier molecular flexibility index (Phi) is 3.14. The molecule has 0 spiro atoms. The van der Waals surface area contributed by atoms with E-state index < -0.39 is 0 Å². The first-order valence-corrected chi connectivity index (χ1v) is 5.92. The molecule has 90 valence electrons. The quantitative estimate of drug-likeness (QED) is 0.677. The molecule has 1 saturated heterocycles. The number of carbonyl (C=O) groups excluding carboxylic acids is 2. The van der Waals surface area contributed by atoms with Crippen LogP contribution in [0.3, 0.4) is 0 Å². The summed E-state index contributed by atoms with van der Waals surface area (Å²) in [5.74, 6) is 0.471. The van der Waals surface area contributed by atoms with Crippen molar-refractivity contribution in [2.75, 3.05) is 13.1 Å². The maximum atomic E-state index is 12.0. The Morgan fingerprint density at radius 1 is 1.62 bits per heavy atom. The highest BCUT2D eigenvalue weighted by Gasteiger charge is 2.34. The van der Waals surface area contributed by atoms with Crippen LogP contribution in [0, 0.1) is 5.92 Å². The summed E-state index contributed by atoms with van der Waals surface area (Å²) in [6.07, 6.45) is 2.66. The second-order valence-electron chi connectivity index (χ2n) is 4.76. The number of carbonyl (C=O) groups is 2. The minimum absolute atomic E-state index is 0.0155. The monoisotopic (exact) mass is 225 g/mol. The van der Waals surface area contributed by atoms with Gasteiger partial charge in [0.05, 0.1) is 0 Å². The lowest BCUT2D eigenvalue weighted by Gasteiger charge is -2.33. The number of hydrogen-bond donors (Lipinski definition) is 2. The topological polar surface area (TPSA) is 75.4 Å². The minimum atomic E-state index is -0.354. The lowest BCUT2D eigenvalue weighted by atomic mass is 10.1. The van der Waals surface area contributed by atoms with E-state index >= 15 is 0 Å². The second-order valence-corrected chi connectivity index (χ2v) is 4.76. The Labute approximate surface area is 95.3 Å². The third-order valence-electron chi connectivity index (χ3n) is 3.46. The first-order valence-electron chi connectivity index (χ1n) is 5.92. The molecule has 1 aliphatic carbocycles. The zero-order chi connectivity index (χ0) is 11.7. The molecule has 2 amide bonds. The SMILES string of the molecule is CC1C(=O)NCCN1C(=O)CC(N)C1CC1. The maximum absolute atomic E-state index is 12.0. The summed E-state index contributed by atoms with van der Waals surface area (Å²) in [6.45, 7) is 2.91. The van der Waals surface area contributed by atoms with Crippen molar-refractivity contribution in [1.29, 1.82) is 0 Å². The summed E-state index contributed by atoms with van der Waals surface area (Å²) in [5.41, 5.74) is 5.92. The van der Waals surface area contributed by atoms with Gasteiger partial charge in [0, 0.05) is 25.6 Å². The van der Waals surface area contributed by atoms with Crippen LogP contribution in [-0.4, -0.2) is 41.9 Å². The van der Waals surface area contributed by atoms with E-state index in [-0.39, 0.29) is 23.9 Å². The van der Waals surface area contributed by atoms with E-state index in [4.69, 9.17) is 5.73 Å². The fourth-order valence-corrected chi connectivity index (χ4v) is 2.13. The summed E-state index contributed by atoms with van der Waals surface area (Å²) in [7, 11) is 0. The van der Waals surface area contributed by atoms with Crippen LogP contribution in [0.5, 0.6) is 0 Å². The summed E-state index contributed by atoms with van der Waals surface area (Å²) in [5, 5.41) is 2.74. The van der Waals surface area contributed by atoms with Crippen LogP contribution in [0.1, 0.15) is 26.2 Å². The van der Waals surface area contributed by atoms with Crippen LogP contribution in [-0.2, 0) is 9.59 Å². The zero-order valence-corrected chi connectivity index (χ0v) is 9.61.